The Morgan fingerprint density at radius 3 is 2.62 bits per heavy atom. The highest BCUT2D eigenvalue weighted by Crippen LogP contribution is 2.31. The van der Waals surface area contributed by atoms with Gasteiger partial charge < -0.3 is 14.6 Å². The van der Waals surface area contributed by atoms with E-state index in [2.05, 4.69) is 5.32 Å². The number of nitrogens with zero attached hydrogens (tertiary/aromatic N) is 2. The van der Waals surface area contributed by atoms with Crippen LogP contribution in [0.5, 0.6) is 5.75 Å². The van der Waals surface area contributed by atoms with E-state index in [0.717, 1.165) is 22.6 Å². The monoisotopic (exact) mass is 371 g/mol. The third-order valence-corrected chi connectivity index (χ3v) is 4.17. The maximum absolute atomic E-state index is 12.2. The molecule has 5 nitrogen and oxygen atoms in total. The molecule has 26 heavy (non-hydrogen) atoms. The largest absolute Gasteiger partial charge is 0.495 e. The van der Waals surface area contributed by atoms with E-state index in [1.807, 2.05) is 56.5 Å². The highest BCUT2D eigenvalue weighted by atomic mass is 35.5. The van der Waals surface area contributed by atoms with Gasteiger partial charge in [0.25, 0.3) is 5.91 Å². The second-order valence-corrected chi connectivity index (χ2v) is 6.71. The van der Waals surface area contributed by atoms with Crippen LogP contribution in [0.4, 0.5) is 0 Å². The molecule has 1 N–H and O–H groups in total. The summed E-state index contributed by atoms with van der Waals surface area (Å²) in [5.41, 5.74) is 3.49. The fraction of sp³-hybridized carbons (Fsp3) is 0.300. The molecule has 0 saturated heterocycles. The fourth-order valence-corrected chi connectivity index (χ4v) is 2.95. The lowest BCUT2D eigenvalue weighted by Gasteiger charge is -2.14. The van der Waals surface area contributed by atoms with Crippen LogP contribution >= 0.6 is 11.6 Å². The highest BCUT2D eigenvalue weighted by Gasteiger charge is 2.16. The van der Waals surface area contributed by atoms with Gasteiger partial charge in [-0.1, -0.05) is 11.6 Å². The molecule has 0 spiro atoms. The summed E-state index contributed by atoms with van der Waals surface area (Å²) < 4.78 is 7.44. The lowest BCUT2D eigenvalue weighted by molar-refractivity contribution is -0.117. The molecule has 0 unspecified atom stereocenters. The van der Waals surface area contributed by atoms with E-state index in [0.29, 0.717) is 10.8 Å². The normalized spacial score (nSPS) is 11.4. The van der Waals surface area contributed by atoms with Crippen LogP contribution in [0, 0.1) is 25.2 Å². The topological polar surface area (TPSA) is 67.0 Å². The lowest BCUT2D eigenvalue weighted by atomic mass is 10.1. The van der Waals surface area contributed by atoms with Crippen molar-refractivity contribution in [2.75, 3.05) is 7.11 Å². The molecule has 1 heterocycles. The Morgan fingerprint density at radius 2 is 2.04 bits per heavy atom. The quantitative estimate of drug-likeness (QED) is 0.633. The molecule has 0 fully saturated rings. The molecule has 6 heteroatoms. The minimum atomic E-state index is -0.382. The van der Waals surface area contributed by atoms with Gasteiger partial charge in [-0.05, 0) is 63.6 Å². The maximum atomic E-state index is 12.2. The molecular formula is C20H22ClN3O2. The number of rotatable bonds is 5. The second kappa shape index (κ2) is 8.11. The first-order chi connectivity index (χ1) is 12.3. The summed E-state index contributed by atoms with van der Waals surface area (Å²) in [6, 6.07) is 9.26. The summed E-state index contributed by atoms with van der Waals surface area (Å²) in [6.07, 6.45) is 1.60. The summed E-state index contributed by atoms with van der Waals surface area (Å²) in [6.45, 7) is 7.58. The highest BCUT2D eigenvalue weighted by molar-refractivity contribution is 6.30. The van der Waals surface area contributed by atoms with Crippen LogP contribution < -0.4 is 10.1 Å². The van der Waals surface area contributed by atoms with Gasteiger partial charge in [-0.15, -0.1) is 0 Å². The van der Waals surface area contributed by atoms with Gasteiger partial charge in [0.05, 0.1) is 12.8 Å². The van der Waals surface area contributed by atoms with Crippen molar-refractivity contribution in [1.29, 1.82) is 5.26 Å². The van der Waals surface area contributed by atoms with E-state index in [4.69, 9.17) is 16.3 Å². The van der Waals surface area contributed by atoms with E-state index in [1.54, 1.807) is 19.3 Å². The first-order valence-electron chi connectivity index (χ1n) is 8.24. The summed E-state index contributed by atoms with van der Waals surface area (Å²) >= 11 is 6.16. The molecule has 0 aliphatic rings. The Bertz CT molecular complexity index is 905. The van der Waals surface area contributed by atoms with E-state index in [1.165, 1.54) is 0 Å². The summed E-state index contributed by atoms with van der Waals surface area (Å²) in [5, 5.41) is 12.7. The number of carbonyl (C=O) groups excluding carboxylic acids is 1. The van der Waals surface area contributed by atoms with Crippen molar-refractivity contribution < 1.29 is 9.53 Å². The molecule has 0 bridgehead atoms. The fourth-order valence-electron chi connectivity index (χ4n) is 2.79. The number of benzene rings is 1. The number of aromatic nitrogens is 1. The minimum Gasteiger partial charge on any atom is -0.495 e. The zero-order valence-corrected chi connectivity index (χ0v) is 16.3. The van der Waals surface area contributed by atoms with Gasteiger partial charge in [0.15, 0.2) is 0 Å². The predicted octanol–water partition coefficient (Wildman–Crippen LogP) is 4.19. The molecule has 0 radical (unpaired) electrons. The Balaban J connectivity index is 2.55. The Hall–Kier alpha value is -2.71. The smallest absolute Gasteiger partial charge is 0.262 e. The van der Waals surface area contributed by atoms with E-state index >= 15 is 0 Å². The summed E-state index contributed by atoms with van der Waals surface area (Å²) in [7, 11) is 1.60. The van der Waals surface area contributed by atoms with Crippen LogP contribution in [0.15, 0.2) is 29.8 Å². The molecule has 2 aromatic rings. The average molecular weight is 372 g/mol. The van der Waals surface area contributed by atoms with Crippen LogP contribution in [0.1, 0.15) is 30.8 Å². The van der Waals surface area contributed by atoms with Gasteiger partial charge in [-0.2, -0.15) is 5.26 Å². The number of ether oxygens (including phenoxy) is 1. The number of nitriles is 1. The number of nitrogens with one attached hydrogen (secondary N) is 1. The standard InChI is InChI=1S/C20H22ClN3O2/c1-12(2)23-20(25)16(11-22)9-15-8-13(3)24(14(15)4)18-10-17(21)6-7-19(18)26-5/h6-10,12H,1-5H3,(H,23,25)/b16-9-. The number of hydrogen-bond donors (Lipinski definition) is 1. The van der Waals surface area contributed by atoms with E-state index < -0.39 is 0 Å². The number of halogens is 1. The molecule has 0 aliphatic carbocycles. The van der Waals surface area contributed by atoms with Gasteiger partial charge in [0.1, 0.15) is 17.4 Å². The average Bonchev–Trinajstić information content (AvgIpc) is 2.85. The number of methoxy groups -OCH3 is 1. The molecule has 136 valence electrons. The van der Waals surface area contributed by atoms with Crippen molar-refractivity contribution in [3.8, 4) is 17.5 Å². The van der Waals surface area contributed by atoms with Crippen molar-refractivity contribution >= 4 is 23.6 Å². The third-order valence-electron chi connectivity index (χ3n) is 3.94. The van der Waals surface area contributed by atoms with Crippen molar-refractivity contribution in [3.05, 3.63) is 51.8 Å². The first-order valence-corrected chi connectivity index (χ1v) is 8.61. The van der Waals surface area contributed by atoms with Crippen molar-refractivity contribution in [3.63, 3.8) is 0 Å². The SMILES string of the molecule is COc1ccc(Cl)cc1-n1c(C)cc(/C=C(/C#N)C(=O)NC(C)C)c1C. The zero-order valence-electron chi connectivity index (χ0n) is 15.6. The van der Waals surface area contributed by atoms with Crippen LogP contribution in [0.25, 0.3) is 11.8 Å². The summed E-state index contributed by atoms with van der Waals surface area (Å²) in [4.78, 5) is 12.2. The molecule has 0 aliphatic heterocycles. The van der Waals surface area contributed by atoms with Crippen molar-refractivity contribution in [2.24, 2.45) is 0 Å². The van der Waals surface area contributed by atoms with Crippen LogP contribution in [0.3, 0.4) is 0 Å². The van der Waals surface area contributed by atoms with Crippen molar-refractivity contribution in [2.45, 2.75) is 33.7 Å². The molecule has 2 rings (SSSR count). The Kier molecular flexibility index (Phi) is 6.12. The number of carbonyl (C=O) groups is 1. The first kappa shape index (κ1) is 19.6. The minimum absolute atomic E-state index is 0.0394. The summed E-state index contributed by atoms with van der Waals surface area (Å²) in [5.74, 6) is 0.303. The van der Waals surface area contributed by atoms with E-state index in [-0.39, 0.29) is 17.5 Å². The van der Waals surface area contributed by atoms with Crippen molar-refractivity contribution in [1.82, 2.24) is 9.88 Å². The van der Waals surface area contributed by atoms with Crippen LogP contribution in [-0.2, 0) is 4.79 Å². The molecule has 1 amide bonds. The zero-order chi connectivity index (χ0) is 19.4. The molecular weight excluding hydrogens is 350 g/mol. The Morgan fingerprint density at radius 1 is 1.35 bits per heavy atom. The molecule has 0 atom stereocenters. The van der Waals surface area contributed by atoms with Gasteiger partial charge in [-0.3, -0.25) is 4.79 Å². The molecule has 1 aromatic heterocycles. The van der Waals surface area contributed by atoms with Gasteiger partial charge in [0.2, 0.25) is 0 Å². The second-order valence-electron chi connectivity index (χ2n) is 6.28. The Labute approximate surface area is 158 Å². The molecule has 1 aromatic carbocycles. The van der Waals surface area contributed by atoms with Crippen LogP contribution in [-0.4, -0.2) is 23.6 Å². The maximum Gasteiger partial charge on any atom is 0.262 e. The molecule has 0 saturated carbocycles. The number of aryl methyl sites for hydroxylation is 1. The number of amides is 1. The van der Waals surface area contributed by atoms with Gasteiger partial charge in [0, 0.05) is 22.5 Å². The third kappa shape index (κ3) is 4.09. The number of hydrogen-bond acceptors (Lipinski definition) is 3. The van der Waals surface area contributed by atoms with Crippen LogP contribution in [0.2, 0.25) is 5.02 Å². The van der Waals surface area contributed by atoms with E-state index in [9.17, 15) is 10.1 Å². The predicted molar refractivity (Wildman–Crippen MR) is 104 cm³/mol. The lowest BCUT2D eigenvalue weighted by Crippen LogP contribution is -2.30. The van der Waals surface area contributed by atoms with Gasteiger partial charge in [-0.25, -0.2) is 0 Å². The van der Waals surface area contributed by atoms with Gasteiger partial charge >= 0.3 is 0 Å².